The summed E-state index contributed by atoms with van der Waals surface area (Å²) in [6, 6.07) is 6.92. The molecule has 1 aliphatic heterocycles. The molecule has 2 aromatic rings. The molecule has 150 valence electrons. The highest BCUT2D eigenvalue weighted by molar-refractivity contribution is 8.18. The molecule has 8 nitrogen and oxygen atoms in total. The van der Waals surface area contributed by atoms with Gasteiger partial charge in [-0.25, -0.2) is 9.59 Å². The van der Waals surface area contributed by atoms with Gasteiger partial charge in [0.15, 0.2) is 0 Å². The summed E-state index contributed by atoms with van der Waals surface area (Å²) in [4.78, 5) is 48.5. The second kappa shape index (κ2) is 7.96. The molecule has 3 rings (SSSR count). The van der Waals surface area contributed by atoms with Gasteiger partial charge in [-0.3, -0.25) is 14.5 Å². The number of hydrogen-bond donors (Lipinski definition) is 1. The normalized spacial score (nSPS) is 16.4. The molecule has 29 heavy (non-hydrogen) atoms. The number of methoxy groups -OCH3 is 1. The van der Waals surface area contributed by atoms with Crippen LogP contribution in [0.25, 0.3) is 17.4 Å². The number of amides is 2. The number of esters is 1. The number of carbonyl (C=O) groups excluding carboxylic acids is 3. The minimum atomic E-state index is -1.05. The lowest BCUT2D eigenvalue weighted by Crippen LogP contribution is -2.42. The molecule has 0 bridgehead atoms. The highest BCUT2D eigenvalue weighted by Gasteiger charge is 2.41. The molecular weight excluding hydrogens is 398 g/mol. The van der Waals surface area contributed by atoms with E-state index >= 15 is 0 Å². The van der Waals surface area contributed by atoms with Crippen molar-refractivity contribution in [2.24, 2.45) is 0 Å². The van der Waals surface area contributed by atoms with Crippen LogP contribution < -0.4 is 0 Å². The third-order valence-corrected chi connectivity index (χ3v) is 5.29. The lowest BCUT2D eigenvalue weighted by atomic mass is 10.0. The summed E-state index contributed by atoms with van der Waals surface area (Å²) < 4.78 is 10.3. The summed E-state index contributed by atoms with van der Waals surface area (Å²) in [5.41, 5.74) is 1.56. The van der Waals surface area contributed by atoms with Crippen molar-refractivity contribution >= 4 is 40.9 Å². The molecule has 1 fully saturated rings. The van der Waals surface area contributed by atoms with E-state index in [-0.39, 0.29) is 10.5 Å². The van der Waals surface area contributed by atoms with Crippen LogP contribution >= 0.6 is 11.8 Å². The van der Waals surface area contributed by atoms with Gasteiger partial charge in [0.2, 0.25) is 0 Å². The monoisotopic (exact) mass is 415 g/mol. The number of rotatable bonds is 5. The van der Waals surface area contributed by atoms with E-state index in [4.69, 9.17) is 4.42 Å². The van der Waals surface area contributed by atoms with Crippen LogP contribution in [0.3, 0.4) is 0 Å². The predicted octanol–water partition coefficient (Wildman–Crippen LogP) is 3.55. The van der Waals surface area contributed by atoms with Crippen LogP contribution in [0.15, 0.2) is 39.7 Å². The lowest BCUT2D eigenvalue weighted by Gasteiger charge is -2.18. The van der Waals surface area contributed by atoms with Crippen molar-refractivity contribution in [3.63, 3.8) is 0 Å². The Morgan fingerprint density at radius 3 is 2.62 bits per heavy atom. The molecular formula is C20H17NO7S. The molecule has 1 aromatic carbocycles. The predicted molar refractivity (Wildman–Crippen MR) is 105 cm³/mol. The Balaban J connectivity index is 1.89. The summed E-state index contributed by atoms with van der Waals surface area (Å²) in [6.07, 6.45) is 1.41. The minimum absolute atomic E-state index is 0.114. The number of aryl methyl sites for hydroxylation is 1. The largest absolute Gasteiger partial charge is 0.478 e. The topological polar surface area (TPSA) is 114 Å². The van der Waals surface area contributed by atoms with Crippen LogP contribution in [0.5, 0.6) is 0 Å². The van der Waals surface area contributed by atoms with Crippen LogP contribution in [-0.2, 0) is 14.3 Å². The SMILES string of the molecule is COC(=O)[C@H](C)N1C(=O)S/C(=C/c2ccc(-c3cc(C(=O)O)ccc3C)o2)C1=O. The molecule has 1 aliphatic rings. The van der Waals surface area contributed by atoms with Crippen LogP contribution in [0, 0.1) is 6.92 Å². The second-order valence-electron chi connectivity index (χ2n) is 6.29. The fraction of sp³-hybridized carbons (Fsp3) is 0.200. The van der Waals surface area contributed by atoms with Crippen molar-refractivity contribution in [3.05, 3.63) is 52.1 Å². The number of hydrogen-bond acceptors (Lipinski definition) is 7. The van der Waals surface area contributed by atoms with Gasteiger partial charge in [-0.2, -0.15) is 0 Å². The zero-order valence-corrected chi connectivity index (χ0v) is 16.6. The number of ether oxygens (including phenoxy) is 1. The summed E-state index contributed by atoms with van der Waals surface area (Å²) >= 11 is 0.700. The van der Waals surface area contributed by atoms with Gasteiger partial charge in [-0.15, -0.1) is 0 Å². The van der Waals surface area contributed by atoms with E-state index in [9.17, 15) is 24.3 Å². The number of furan rings is 1. The highest BCUT2D eigenvalue weighted by atomic mass is 32.2. The fourth-order valence-electron chi connectivity index (χ4n) is 2.81. The molecule has 0 saturated carbocycles. The van der Waals surface area contributed by atoms with Crippen molar-refractivity contribution in [2.75, 3.05) is 7.11 Å². The van der Waals surface area contributed by atoms with Gasteiger partial charge in [0.1, 0.15) is 17.6 Å². The maximum Gasteiger partial charge on any atom is 0.335 e. The first-order valence-electron chi connectivity index (χ1n) is 8.52. The Bertz CT molecular complexity index is 1050. The molecule has 1 N–H and O–H groups in total. The van der Waals surface area contributed by atoms with E-state index in [0.717, 1.165) is 10.5 Å². The summed E-state index contributed by atoms with van der Waals surface area (Å²) in [5, 5.41) is 8.60. The van der Waals surface area contributed by atoms with Crippen LogP contribution in [0.2, 0.25) is 0 Å². The van der Waals surface area contributed by atoms with Crippen molar-refractivity contribution in [2.45, 2.75) is 19.9 Å². The molecule has 0 radical (unpaired) electrons. The van der Waals surface area contributed by atoms with Crippen molar-refractivity contribution in [1.82, 2.24) is 4.90 Å². The maximum atomic E-state index is 12.5. The first-order chi connectivity index (χ1) is 13.7. The van der Waals surface area contributed by atoms with E-state index in [2.05, 4.69) is 4.74 Å². The Kier molecular flexibility index (Phi) is 5.60. The second-order valence-corrected chi connectivity index (χ2v) is 7.28. The zero-order chi connectivity index (χ0) is 21.3. The molecule has 0 spiro atoms. The molecule has 0 aliphatic carbocycles. The van der Waals surface area contributed by atoms with Crippen LogP contribution in [0.4, 0.5) is 4.79 Å². The Morgan fingerprint density at radius 1 is 1.24 bits per heavy atom. The van der Waals surface area contributed by atoms with Crippen molar-refractivity contribution < 1.29 is 33.4 Å². The van der Waals surface area contributed by atoms with Gasteiger partial charge in [-0.1, -0.05) is 6.07 Å². The molecule has 1 aromatic heterocycles. The quantitative estimate of drug-likeness (QED) is 0.582. The molecule has 2 heterocycles. The average Bonchev–Trinajstić information content (AvgIpc) is 3.25. The van der Waals surface area contributed by atoms with Gasteiger partial charge in [0, 0.05) is 11.6 Å². The molecule has 1 atom stereocenters. The minimum Gasteiger partial charge on any atom is -0.478 e. The van der Waals surface area contributed by atoms with Gasteiger partial charge in [0.25, 0.3) is 11.1 Å². The fourth-order valence-corrected chi connectivity index (χ4v) is 3.70. The lowest BCUT2D eigenvalue weighted by molar-refractivity contribution is -0.148. The molecule has 1 saturated heterocycles. The zero-order valence-electron chi connectivity index (χ0n) is 15.8. The van der Waals surface area contributed by atoms with E-state index in [1.165, 1.54) is 32.2 Å². The van der Waals surface area contributed by atoms with Crippen molar-refractivity contribution in [1.29, 1.82) is 0 Å². The third kappa shape index (κ3) is 3.95. The Labute approximate surface area is 170 Å². The number of benzene rings is 1. The molecule has 0 unspecified atom stereocenters. The number of carbonyl (C=O) groups is 4. The number of thioether (sulfide) groups is 1. The Hall–Kier alpha value is -3.33. The highest BCUT2D eigenvalue weighted by Crippen LogP contribution is 2.35. The van der Waals surface area contributed by atoms with E-state index in [1.807, 2.05) is 6.92 Å². The van der Waals surface area contributed by atoms with E-state index in [0.29, 0.717) is 28.8 Å². The van der Waals surface area contributed by atoms with Gasteiger partial charge in [-0.05, 0) is 55.4 Å². The molecule has 9 heteroatoms. The summed E-state index contributed by atoms with van der Waals surface area (Å²) in [7, 11) is 1.18. The molecule has 2 amide bonds. The average molecular weight is 415 g/mol. The standard InChI is InChI=1S/C20H17NO7S/c1-10-4-5-12(18(23)24)8-14(10)15-7-6-13(28-15)9-16-17(22)21(20(26)29-16)11(2)19(25)27-3/h4-9,11H,1-3H3,(H,23,24)/b16-9+/t11-/m0/s1. The van der Waals surface area contributed by atoms with E-state index in [1.54, 1.807) is 18.2 Å². The number of aromatic carboxylic acids is 1. The summed E-state index contributed by atoms with van der Waals surface area (Å²) in [6.45, 7) is 3.23. The first kappa shape index (κ1) is 20.4. The van der Waals surface area contributed by atoms with Crippen LogP contribution in [-0.4, -0.2) is 46.2 Å². The van der Waals surface area contributed by atoms with E-state index < -0.39 is 29.1 Å². The Morgan fingerprint density at radius 2 is 1.97 bits per heavy atom. The number of imide groups is 1. The van der Waals surface area contributed by atoms with Gasteiger partial charge < -0.3 is 14.3 Å². The van der Waals surface area contributed by atoms with Crippen LogP contribution in [0.1, 0.15) is 28.6 Å². The first-order valence-corrected chi connectivity index (χ1v) is 9.33. The smallest absolute Gasteiger partial charge is 0.335 e. The number of carboxylic acids is 1. The number of carboxylic acid groups (broad SMARTS) is 1. The number of nitrogens with zero attached hydrogens (tertiary/aromatic N) is 1. The maximum absolute atomic E-state index is 12.5. The third-order valence-electron chi connectivity index (χ3n) is 4.40. The summed E-state index contributed by atoms with van der Waals surface area (Å²) in [5.74, 6) is -1.61. The van der Waals surface area contributed by atoms with Gasteiger partial charge in [0.05, 0.1) is 17.6 Å². The van der Waals surface area contributed by atoms with Crippen molar-refractivity contribution in [3.8, 4) is 11.3 Å². The van der Waals surface area contributed by atoms with Gasteiger partial charge >= 0.3 is 11.9 Å².